The first-order valence-corrected chi connectivity index (χ1v) is 10.6. The molecule has 8 heteroatoms. The zero-order chi connectivity index (χ0) is 21.1. The molecule has 2 saturated heterocycles. The van der Waals surface area contributed by atoms with E-state index in [2.05, 4.69) is 10.1 Å². The summed E-state index contributed by atoms with van der Waals surface area (Å²) >= 11 is 0. The molecule has 0 spiro atoms. The molecule has 0 aliphatic carbocycles. The van der Waals surface area contributed by atoms with Gasteiger partial charge in [-0.15, -0.1) is 0 Å². The number of carbonyl (C=O) groups is 2. The molecule has 0 saturated carbocycles. The van der Waals surface area contributed by atoms with Crippen LogP contribution in [0.5, 0.6) is 0 Å². The molecule has 1 atom stereocenters. The second-order valence-corrected chi connectivity index (χ2v) is 7.90. The minimum atomic E-state index is -0.256. The summed E-state index contributed by atoms with van der Waals surface area (Å²) in [4.78, 5) is 30.6. The van der Waals surface area contributed by atoms with Crippen molar-refractivity contribution < 1.29 is 18.5 Å². The summed E-state index contributed by atoms with van der Waals surface area (Å²) in [7, 11) is 0. The van der Waals surface area contributed by atoms with Gasteiger partial charge in [-0.3, -0.25) is 9.59 Å². The molecule has 1 aromatic carbocycles. The third-order valence-corrected chi connectivity index (χ3v) is 5.99. The Morgan fingerprint density at radius 2 is 1.83 bits per heavy atom. The summed E-state index contributed by atoms with van der Waals surface area (Å²) < 4.78 is 18.5. The van der Waals surface area contributed by atoms with Gasteiger partial charge in [0.2, 0.25) is 11.7 Å². The lowest BCUT2D eigenvalue weighted by atomic mass is 9.94. The zero-order valence-electron chi connectivity index (χ0n) is 17.2. The van der Waals surface area contributed by atoms with E-state index in [9.17, 15) is 14.0 Å². The van der Waals surface area contributed by atoms with Crippen LogP contribution in [0.25, 0.3) is 0 Å². The second-order valence-electron chi connectivity index (χ2n) is 7.90. The first-order valence-electron chi connectivity index (χ1n) is 10.6. The molecule has 4 rings (SSSR count). The molecule has 30 heavy (non-hydrogen) atoms. The number of amides is 2. The fraction of sp³-hybridized carbons (Fsp3) is 0.500. The van der Waals surface area contributed by atoms with Crippen LogP contribution in [0.3, 0.4) is 0 Å². The van der Waals surface area contributed by atoms with Crippen molar-refractivity contribution in [1.82, 2.24) is 15.0 Å². The van der Waals surface area contributed by atoms with Crippen molar-refractivity contribution in [1.29, 1.82) is 0 Å². The van der Waals surface area contributed by atoms with Crippen molar-refractivity contribution in [3.8, 4) is 0 Å². The molecule has 2 aliphatic heterocycles. The van der Waals surface area contributed by atoms with Crippen LogP contribution < -0.4 is 4.90 Å². The Labute approximate surface area is 175 Å². The van der Waals surface area contributed by atoms with E-state index in [1.54, 1.807) is 23.1 Å². The third kappa shape index (κ3) is 4.32. The molecule has 0 radical (unpaired) electrons. The first kappa shape index (κ1) is 20.4. The predicted octanol–water partition coefficient (Wildman–Crippen LogP) is 2.89. The number of aromatic nitrogens is 1. The maximum absolute atomic E-state index is 13.1. The summed E-state index contributed by atoms with van der Waals surface area (Å²) in [5.41, 5.74) is 1.70. The van der Waals surface area contributed by atoms with E-state index in [-0.39, 0.29) is 29.3 Å². The van der Waals surface area contributed by atoms with Gasteiger partial charge in [0.1, 0.15) is 5.82 Å². The van der Waals surface area contributed by atoms with E-state index in [4.69, 9.17) is 4.52 Å². The number of anilines is 1. The molecule has 2 fully saturated rings. The highest BCUT2D eigenvalue weighted by atomic mass is 19.1. The minimum Gasteiger partial charge on any atom is -0.368 e. The quantitative estimate of drug-likeness (QED) is 0.770. The van der Waals surface area contributed by atoms with Gasteiger partial charge >= 0.3 is 0 Å². The van der Waals surface area contributed by atoms with Crippen LogP contribution in [0.1, 0.15) is 48.4 Å². The van der Waals surface area contributed by atoms with Gasteiger partial charge in [-0.1, -0.05) is 12.1 Å². The number of hydrogen-bond acceptors (Lipinski definition) is 5. The molecular weight excluding hydrogens is 387 g/mol. The normalized spacial score (nSPS) is 19.8. The lowest BCUT2D eigenvalue weighted by Crippen LogP contribution is -2.48. The Bertz CT molecular complexity index is 890. The molecule has 3 heterocycles. The maximum atomic E-state index is 13.1. The molecule has 1 aromatic heterocycles. The molecule has 0 bridgehead atoms. The molecule has 2 aromatic rings. The second kappa shape index (κ2) is 8.85. The summed E-state index contributed by atoms with van der Waals surface area (Å²) in [6.07, 6.45) is 2.36. The molecular formula is C22H27FN4O3. The molecule has 0 unspecified atom stereocenters. The van der Waals surface area contributed by atoms with Crippen molar-refractivity contribution in [2.75, 3.05) is 44.2 Å². The topological polar surface area (TPSA) is 69.9 Å². The third-order valence-electron chi connectivity index (χ3n) is 5.99. The van der Waals surface area contributed by atoms with Gasteiger partial charge in [0.25, 0.3) is 5.91 Å². The largest absolute Gasteiger partial charge is 0.368 e. The number of piperazine rings is 1. The number of benzene rings is 1. The van der Waals surface area contributed by atoms with Crippen molar-refractivity contribution >= 4 is 17.5 Å². The average molecular weight is 414 g/mol. The smallest absolute Gasteiger partial charge is 0.292 e. The highest BCUT2D eigenvalue weighted by Crippen LogP contribution is 2.27. The fourth-order valence-electron chi connectivity index (χ4n) is 4.23. The van der Waals surface area contributed by atoms with Gasteiger partial charge in [0.15, 0.2) is 0 Å². The lowest BCUT2D eigenvalue weighted by Gasteiger charge is -2.35. The molecule has 160 valence electrons. The minimum absolute atomic E-state index is 0.106. The monoisotopic (exact) mass is 414 g/mol. The highest BCUT2D eigenvalue weighted by molar-refractivity contribution is 5.91. The number of nitrogens with zero attached hydrogens (tertiary/aromatic N) is 4. The van der Waals surface area contributed by atoms with Gasteiger partial charge in [0, 0.05) is 63.4 Å². The summed E-state index contributed by atoms with van der Waals surface area (Å²) in [6.45, 7) is 5.76. The van der Waals surface area contributed by atoms with Gasteiger partial charge < -0.3 is 19.2 Å². The summed E-state index contributed by atoms with van der Waals surface area (Å²) in [5.74, 6) is 0.0891. The Balaban J connectivity index is 1.35. The van der Waals surface area contributed by atoms with Crippen molar-refractivity contribution in [3.63, 3.8) is 0 Å². The van der Waals surface area contributed by atoms with Gasteiger partial charge in [-0.05, 0) is 37.1 Å². The fourth-order valence-corrected chi connectivity index (χ4v) is 4.23. The van der Waals surface area contributed by atoms with Crippen molar-refractivity contribution in [2.45, 2.75) is 32.1 Å². The highest BCUT2D eigenvalue weighted by Gasteiger charge is 2.29. The van der Waals surface area contributed by atoms with Crippen LogP contribution in [0.15, 0.2) is 34.9 Å². The van der Waals surface area contributed by atoms with Crippen molar-refractivity contribution in [2.24, 2.45) is 0 Å². The number of likely N-dealkylation sites (tertiary alicyclic amines) is 1. The van der Waals surface area contributed by atoms with Crippen molar-refractivity contribution in [3.05, 3.63) is 47.6 Å². The van der Waals surface area contributed by atoms with Gasteiger partial charge in [-0.25, -0.2) is 4.39 Å². The van der Waals surface area contributed by atoms with E-state index in [1.807, 2.05) is 11.8 Å². The predicted molar refractivity (Wildman–Crippen MR) is 110 cm³/mol. The van der Waals surface area contributed by atoms with E-state index in [1.165, 1.54) is 12.1 Å². The van der Waals surface area contributed by atoms with E-state index in [0.717, 1.165) is 30.8 Å². The van der Waals surface area contributed by atoms with Gasteiger partial charge in [-0.2, -0.15) is 0 Å². The first-order chi connectivity index (χ1) is 14.5. The van der Waals surface area contributed by atoms with Crippen LogP contribution in [0, 0.1) is 5.82 Å². The van der Waals surface area contributed by atoms with Gasteiger partial charge in [0.05, 0.1) is 5.69 Å². The zero-order valence-corrected chi connectivity index (χ0v) is 17.2. The van der Waals surface area contributed by atoms with Crippen LogP contribution in [-0.4, -0.2) is 66.0 Å². The number of rotatable bonds is 4. The molecule has 2 amide bonds. The Kier molecular flexibility index (Phi) is 6.01. The van der Waals surface area contributed by atoms with Crippen LogP contribution in [-0.2, 0) is 4.79 Å². The average Bonchev–Trinajstić information content (AvgIpc) is 3.29. The van der Waals surface area contributed by atoms with E-state index >= 15 is 0 Å². The Morgan fingerprint density at radius 3 is 2.53 bits per heavy atom. The van der Waals surface area contributed by atoms with Crippen LogP contribution in [0.4, 0.5) is 10.1 Å². The number of carbonyl (C=O) groups excluding carboxylic acids is 2. The molecule has 0 N–H and O–H groups in total. The summed E-state index contributed by atoms with van der Waals surface area (Å²) in [6, 6.07) is 8.14. The number of hydrogen-bond donors (Lipinski definition) is 0. The Hall–Kier alpha value is -2.90. The van der Waals surface area contributed by atoms with E-state index in [0.29, 0.717) is 39.1 Å². The molecule has 7 nitrogen and oxygen atoms in total. The molecule has 2 aliphatic rings. The number of piperidine rings is 1. The summed E-state index contributed by atoms with van der Waals surface area (Å²) in [5, 5.41) is 4.14. The standard InChI is InChI=1S/C22H27FN4O3/c1-2-21(28)27-9-3-4-16(15-27)19-14-20(30-24-19)22(29)26-12-10-25(11-13-26)18-7-5-17(23)6-8-18/h5-8,14,16H,2-4,9-13,15H2,1H3/t16-/m1/s1. The Morgan fingerprint density at radius 1 is 1.10 bits per heavy atom. The SMILES string of the molecule is CCC(=O)N1CCC[C@@H](c2cc(C(=O)N3CCN(c4ccc(F)cc4)CC3)on2)C1. The lowest BCUT2D eigenvalue weighted by molar-refractivity contribution is -0.132. The van der Waals surface area contributed by atoms with E-state index < -0.39 is 0 Å². The van der Waals surface area contributed by atoms with Crippen LogP contribution in [0.2, 0.25) is 0 Å². The maximum Gasteiger partial charge on any atom is 0.292 e. The number of halogens is 1. The van der Waals surface area contributed by atoms with Crippen LogP contribution >= 0.6 is 0 Å².